The summed E-state index contributed by atoms with van der Waals surface area (Å²) < 4.78 is 0. The molecule has 0 spiro atoms. The summed E-state index contributed by atoms with van der Waals surface area (Å²) in [6, 6.07) is 10.2. The molecule has 0 aliphatic rings. The van der Waals surface area contributed by atoms with E-state index in [0.717, 1.165) is 6.42 Å². The summed E-state index contributed by atoms with van der Waals surface area (Å²) >= 11 is 0. The van der Waals surface area contributed by atoms with E-state index in [4.69, 9.17) is 5.11 Å². The highest BCUT2D eigenvalue weighted by atomic mass is 16.2. The van der Waals surface area contributed by atoms with Gasteiger partial charge in [0.2, 0.25) is 0 Å². The van der Waals surface area contributed by atoms with Gasteiger partial charge in [0, 0.05) is 6.61 Å². The topological polar surface area (TPSA) is 20.2 Å². The molecule has 1 nitrogen and oxygen atoms in total. The fourth-order valence-electron chi connectivity index (χ4n) is 1.28. The van der Waals surface area contributed by atoms with Crippen LogP contribution in [0, 0.1) is 5.92 Å². The van der Waals surface area contributed by atoms with Crippen LogP contribution in [0.25, 0.3) is 6.08 Å². The Kier molecular flexibility index (Phi) is 5.49. The molecule has 0 heterocycles. The minimum Gasteiger partial charge on any atom is -0.396 e. The third kappa shape index (κ3) is 5.18. The zero-order valence-electron chi connectivity index (χ0n) is 9.13. The van der Waals surface area contributed by atoms with Crippen LogP contribution in [0.2, 0.25) is 0 Å². The third-order valence-corrected chi connectivity index (χ3v) is 2.22. The highest BCUT2D eigenvalue weighted by molar-refractivity contribution is 5.50. The van der Waals surface area contributed by atoms with E-state index in [1.165, 1.54) is 5.56 Å². The van der Waals surface area contributed by atoms with Gasteiger partial charge in [0.1, 0.15) is 0 Å². The van der Waals surface area contributed by atoms with Gasteiger partial charge in [0.25, 0.3) is 0 Å². The van der Waals surface area contributed by atoms with Gasteiger partial charge in [-0.2, -0.15) is 0 Å². The molecule has 0 saturated heterocycles. The molecule has 0 aliphatic heterocycles. The molecule has 0 saturated carbocycles. The first kappa shape index (κ1) is 11.7. The number of aliphatic hydroxyl groups is 1. The fraction of sp³-hybridized carbons (Fsp3) is 0.286. The van der Waals surface area contributed by atoms with Gasteiger partial charge in [-0.3, -0.25) is 0 Å². The summed E-state index contributed by atoms with van der Waals surface area (Å²) in [4.78, 5) is 0. The van der Waals surface area contributed by atoms with Gasteiger partial charge in [0.15, 0.2) is 0 Å². The summed E-state index contributed by atoms with van der Waals surface area (Å²) in [6.07, 6.45) is 9.07. The normalized spacial score (nSPS) is 13.7. The van der Waals surface area contributed by atoms with Crippen LogP contribution in [0.15, 0.2) is 48.6 Å². The van der Waals surface area contributed by atoms with E-state index in [2.05, 4.69) is 31.2 Å². The standard InChI is InChI=1S/C14H18O/c1-13(11-12-15)7-5-6-10-14-8-3-2-4-9-14/h2-10,13,15H,11-12H2,1H3/b7-5+,10-6+. The fourth-order valence-corrected chi connectivity index (χ4v) is 1.28. The van der Waals surface area contributed by atoms with E-state index in [1.807, 2.05) is 30.4 Å². The van der Waals surface area contributed by atoms with Crippen molar-refractivity contribution < 1.29 is 5.11 Å². The number of hydrogen-bond donors (Lipinski definition) is 1. The second-order valence-corrected chi connectivity index (χ2v) is 3.64. The Morgan fingerprint density at radius 2 is 1.93 bits per heavy atom. The highest BCUT2D eigenvalue weighted by Crippen LogP contribution is 2.04. The van der Waals surface area contributed by atoms with Crippen molar-refractivity contribution in [1.82, 2.24) is 0 Å². The maximum absolute atomic E-state index is 8.72. The smallest absolute Gasteiger partial charge is 0.0436 e. The first-order chi connectivity index (χ1) is 7.33. The number of benzene rings is 1. The van der Waals surface area contributed by atoms with Gasteiger partial charge in [-0.05, 0) is 17.9 Å². The van der Waals surface area contributed by atoms with Crippen molar-refractivity contribution >= 4 is 6.08 Å². The zero-order chi connectivity index (χ0) is 10.9. The molecule has 0 amide bonds. The van der Waals surface area contributed by atoms with E-state index in [1.54, 1.807) is 0 Å². The molecule has 0 bridgehead atoms. The van der Waals surface area contributed by atoms with Gasteiger partial charge in [0.05, 0.1) is 0 Å². The predicted octanol–water partition coefficient (Wildman–Crippen LogP) is 3.27. The van der Waals surface area contributed by atoms with E-state index in [9.17, 15) is 0 Å². The third-order valence-electron chi connectivity index (χ3n) is 2.22. The lowest BCUT2D eigenvalue weighted by Gasteiger charge is -1.99. The van der Waals surface area contributed by atoms with E-state index >= 15 is 0 Å². The summed E-state index contributed by atoms with van der Waals surface area (Å²) in [5.41, 5.74) is 1.21. The van der Waals surface area contributed by atoms with Crippen LogP contribution in [-0.4, -0.2) is 11.7 Å². The molecule has 80 valence electrons. The molecule has 1 N–H and O–H groups in total. The van der Waals surface area contributed by atoms with Crippen LogP contribution in [0.3, 0.4) is 0 Å². The first-order valence-electron chi connectivity index (χ1n) is 5.33. The maximum Gasteiger partial charge on any atom is 0.0436 e. The highest BCUT2D eigenvalue weighted by Gasteiger charge is 1.92. The quantitative estimate of drug-likeness (QED) is 0.726. The summed E-state index contributed by atoms with van der Waals surface area (Å²) in [6.45, 7) is 2.36. The first-order valence-corrected chi connectivity index (χ1v) is 5.33. The van der Waals surface area contributed by atoms with Gasteiger partial charge < -0.3 is 5.11 Å². The van der Waals surface area contributed by atoms with Crippen molar-refractivity contribution in [2.75, 3.05) is 6.61 Å². The molecule has 1 aromatic carbocycles. The minimum absolute atomic E-state index is 0.258. The zero-order valence-corrected chi connectivity index (χ0v) is 9.13. The lowest BCUT2D eigenvalue weighted by atomic mass is 10.1. The average Bonchev–Trinajstić information content (AvgIpc) is 2.26. The Hall–Kier alpha value is -1.34. The Morgan fingerprint density at radius 3 is 2.60 bits per heavy atom. The van der Waals surface area contributed by atoms with Gasteiger partial charge >= 0.3 is 0 Å². The van der Waals surface area contributed by atoms with E-state index < -0.39 is 0 Å². The Balaban J connectivity index is 2.40. The number of hydrogen-bond acceptors (Lipinski definition) is 1. The summed E-state index contributed by atoms with van der Waals surface area (Å²) in [7, 11) is 0. The minimum atomic E-state index is 0.258. The number of aliphatic hydroxyl groups excluding tert-OH is 1. The maximum atomic E-state index is 8.72. The molecular weight excluding hydrogens is 184 g/mol. The second-order valence-electron chi connectivity index (χ2n) is 3.64. The van der Waals surface area contributed by atoms with Crippen LogP contribution in [0.4, 0.5) is 0 Å². The summed E-state index contributed by atoms with van der Waals surface area (Å²) in [5.74, 6) is 0.440. The Morgan fingerprint density at radius 1 is 1.20 bits per heavy atom. The number of allylic oxidation sites excluding steroid dienone is 3. The molecule has 15 heavy (non-hydrogen) atoms. The van der Waals surface area contributed by atoms with Crippen molar-refractivity contribution in [1.29, 1.82) is 0 Å². The van der Waals surface area contributed by atoms with Crippen LogP contribution >= 0.6 is 0 Å². The molecule has 0 fully saturated rings. The molecule has 1 atom stereocenters. The predicted molar refractivity (Wildman–Crippen MR) is 65.5 cm³/mol. The second kappa shape index (κ2) is 7.02. The lowest BCUT2D eigenvalue weighted by Crippen LogP contribution is -1.92. The largest absolute Gasteiger partial charge is 0.396 e. The van der Waals surface area contributed by atoms with E-state index in [-0.39, 0.29) is 6.61 Å². The van der Waals surface area contributed by atoms with Crippen molar-refractivity contribution in [3.8, 4) is 0 Å². The van der Waals surface area contributed by atoms with Crippen molar-refractivity contribution in [3.05, 3.63) is 54.1 Å². The van der Waals surface area contributed by atoms with Crippen LogP contribution in [-0.2, 0) is 0 Å². The van der Waals surface area contributed by atoms with Gasteiger partial charge in [-0.1, -0.05) is 61.6 Å². The monoisotopic (exact) mass is 202 g/mol. The SMILES string of the molecule is CC(/C=C/C=C/c1ccccc1)CCO. The molecular formula is C14H18O. The Bertz CT molecular complexity index is 311. The van der Waals surface area contributed by atoms with Crippen LogP contribution in [0.1, 0.15) is 18.9 Å². The molecule has 1 heteroatoms. The average molecular weight is 202 g/mol. The van der Waals surface area contributed by atoms with Gasteiger partial charge in [-0.25, -0.2) is 0 Å². The number of rotatable bonds is 5. The molecule has 1 aromatic rings. The van der Waals surface area contributed by atoms with Crippen LogP contribution < -0.4 is 0 Å². The molecule has 0 radical (unpaired) electrons. The van der Waals surface area contributed by atoms with Crippen molar-refractivity contribution in [3.63, 3.8) is 0 Å². The molecule has 0 aromatic heterocycles. The Labute approximate surface area is 91.8 Å². The summed E-state index contributed by atoms with van der Waals surface area (Å²) in [5, 5.41) is 8.72. The van der Waals surface area contributed by atoms with E-state index in [0.29, 0.717) is 5.92 Å². The lowest BCUT2D eigenvalue weighted by molar-refractivity contribution is 0.274. The van der Waals surface area contributed by atoms with Crippen molar-refractivity contribution in [2.45, 2.75) is 13.3 Å². The van der Waals surface area contributed by atoms with Crippen molar-refractivity contribution in [2.24, 2.45) is 5.92 Å². The van der Waals surface area contributed by atoms with Gasteiger partial charge in [-0.15, -0.1) is 0 Å². The molecule has 1 unspecified atom stereocenters. The molecule has 0 aliphatic carbocycles. The molecule has 1 rings (SSSR count). The van der Waals surface area contributed by atoms with Crippen LogP contribution in [0.5, 0.6) is 0 Å².